The van der Waals surface area contributed by atoms with Crippen LogP contribution in [0.15, 0.2) is 0 Å². The molecule has 2 unspecified atom stereocenters. The predicted octanol–water partition coefficient (Wildman–Crippen LogP) is 1.36. The average Bonchev–Trinajstić information content (AvgIpc) is 2.36. The predicted molar refractivity (Wildman–Crippen MR) is 69.1 cm³/mol. The van der Waals surface area contributed by atoms with E-state index in [0.29, 0.717) is 12.8 Å². The van der Waals surface area contributed by atoms with Crippen LogP contribution in [0.25, 0.3) is 0 Å². The molecule has 0 aromatic carbocycles. The number of piperidine rings is 1. The smallest absolute Gasteiger partial charge is 0.303 e. The Hall–Kier alpha value is -1.10. The standard InChI is InChI=1S/C13H24N2O3/c1-2-5-11(14)13(18)15-9-4-3-6-10(15)7-8-12(16)17/h10-11H,2-9,14H2,1H3,(H,16,17). The van der Waals surface area contributed by atoms with Gasteiger partial charge < -0.3 is 15.7 Å². The Bertz CT molecular complexity index is 294. The fraction of sp³-hybridized carbons (Fsp3) is 0.846. The molecule has 0 aromatic heterocycles. The summed E-state index contributed by atoms with van der Waals surface area (Å²) in [5.41, 5.74) is 5.87. The molecule has 1 aliphatic rings. The Morgan fingerprint density at radius 3 is 2.78 bits per heavy atom. The summed E-state index contributed by atoms with van der Waals surface area (Å²) < 4.78 is 0. The van der Waals surface area contributed by atoms with E-state index in [1.54, 1.807) is 0 Å². The molecule has 1 heterocycles. The molecule has 1 aliphatic heterocycles. The van der Waals surface area contributed by atoms with E-state index in [4.69, 9.17) is 10.8 Å². The number of hydrogen-bond donors (Lipinski definition) is 2. The zero-order valence-corrected chi connectivity index (χ0v) is 11.1. The van der Waals surface area contributed by atoms with Crippen molar-refractivity contribution in [3.8, 4) is 0 Å². The summed E-state index contributed by atoms with van der Waals surface area (Å²) in [6.07, 6.45) is 5.21. The monoisotopic (exact) mass is 256 g/mol. The minimum atomic E-state index is -0.800. The maximum atomic E-state index is 12.2. The highest BCUT2D eigenvalue weighted by molar-refractivity contribution is 5.82. The van der Waals surface area contributed by atoms with Crippen molar-refractivity contribution in [1.29, 1.82) is 0 Å². The summed E-state index contributed by atoms with van der Waals surface area (Å²) in [6, 6.07) is -0.370. The SMILES string of the molecule is CCCC(N)C(=O)N1CCCCC1CCC(=O)O. The molecule has 0 saturated carbocycles. The van der Waals surface area contributed by atoms with Gasteiger partial charge in [0.15, 0.2) is 0 Å². The molecule has 1 rings (SSSR count). The lowest BCUT2D eigenvalue weighted by atomic mass is 9.96. The van der Waals surface area contributed by atoms with Crippen LogP contribution < -0.4 is 5.73 Å². The molecule has 0 aromatic rings. The number of rotatable bonds is 6. The number of likely N-dealkylation sites (tertiary alicyclic amines) is 1. The Kier molecular flexibility index (Phi) is 6.12. The van der Waals surface area contributed by atoms with Gasteiger partial charge >= 0.3 is 5.97 Å². The van der Waals surface area contributed by atoms with Crippen molar-refractivity contribution in [2.24, 2.45) is 5.73 Å². The summed E-state index contributed by atoms with van der Waals surface area (Å²) in [5, 5.41) is 8.73. The minimum absolute atomic E-state index is 0.00746. The van der Waals surface area contributed by atoms with E-state index in [1.165, 1.54) is 0 Å². The van der Waals surface area contributed by atoms with Crippen molar-refractivity contribution in [3.63, 3.8) is 0 Å². The van der Waals surface area contributed by atoms with Crippen LogP contribution in [0, 0.1) is 0 Å². The van der Waals surface area contributed by atoms with Crippen LogP contribution in [-0.4, -0.2) is 40.5 Å². The molecule has 2 atom stereocenters. The normalized spacial score (nSPS) is 21.7. The van der Waals surface area contributed by atoms with E-state index in [0.717, 1.165) is 32.2 Å². The zero-order valence-electron chi connectivity index (χ0n) is 11.1. The molecule has 1 saturated heterocycles. The second-order valence-corrected chi connectivity index (χ2v) is 5.01. The lowest BCUT2D eigenvalue weighted by Crippen LogP contribution is -2.50. The van der Waals surface area contributed by atoms with Crippen LogP contribution in [0.5, 0.6) is 0 Å². The maximum absolute atomic E-state index is 12.2. The molecule has 0 bridgehead atoms. The third-order valence-electron chi connectivity index (χ3n) is 3.52. The van der Waals surface area contributed by atoms with Crippen LogP contribution in [0.3, 0.4) is 0 Å². The van der Waals surface area contributed by atoms with Gasteiger partial charge in [-0.15, -0.1) is 0 Å². The van der Waals surface area contributed by atoms with E-state index in [9.17, 15) is 9.59 Å². The number of amides is 1. The fourth-order valence-corrected chi connectivity index (χ4v) is 2.53. The number of aliphatic carboxylic acids is 1. The number of carboxylic acids is 1. The van der Waals surface area contributed by atoms with Crippen LogP contribution in [-0.2, 0) is 9.59 Å². The third-order valence-corrected chi connectivity index (χ3v) is 3.52. The third kappa shape index (κ3) is 4.29. The van der Waals surface area contributed by atoms with Gasteiger partial charge in [0, 0.05) is 19.0 Å². The van der Waals surface area contributed by atoms with Crippen molar-refractivity contribution in [3.05, 3.63) is 0 Å². The Balaban J connectivity index is 2.57. The molecule has 18 heavy (non-hydrogen) atoms. The highest BCUT2D eigenvalue weighted by Crippen LogP contribution is 2.22. The quantitative estimate of drug-likeness (QED) is 0.751. The summed E-state index contributed by atoms with van der Waals surface area (Å²) in [4.78, 5) is 24.6. The van der Waals surface area contributed by atoms with Gasteiger partial charge in [0.1, 0.15) is 0 Å². The van der Waals surface area contributed by atoms with Gasteiger partial charge in [0.25, 0.3) is 0 Å². The number of carbonyl (C=O) groups is 2. The van der Waals surface area contributed by atoms with Crippen molar-refractivity contribution in [2.45, 2.75) is 64.0 Å². The number of hydrogen-bond acceptors (Lipinski definition) is 3. The topological polar surface area (TPSA) is 83.6 Å². The average molecular weight is 256 g/mol. The Morgan fingerprint density at radius 1 is 1.44 bits per heavy atom. The van der Waals surface area contributed by atoms with Crippen molar-refractivity contribution < 1.29 is 14.7 Å². The molecule has 0 spiro atoms. The van der Waals surface area contributed by atoms with E-state index in [1.807, 2.05) is 11.8 Å². The van der Waals surface area contributed by atoms with E-state index in [-0.39, 0.29) is 18.4 Å². The fourth-order valence-electron chi connectivity index (χ4n) is 2.53. The second kappa shape index (κ2) is 7.36. The number of carbonyl (C=O) groups excluding carboxylic acids is 1. The van der Waals surface area contributed by atoms with Gasteiger partial charge in [0.2, 0.25) is 5.91 Å². The zero-order chi connectivity index (χ0) is 13.5. The molecule has 3 N–H and O–H groups in total. The summed E-state index contributed by atoms with van der Waals surface area (Å²) in [5.74, 6) is -0.808. The molecular formula is C13H24N2O3. The first-order valence-electron chi connectivity index (χ1n) is 6.84. The van der Waals surface area contributed by atoms with Crippen LogP contribution in [0.4, 0.5) is 0 Å². The van der Waals surface area contributed by atoms with Crippen molar-refractivity contribution in [2.75, 3.05) is 6.54 Å². The van der Waals surface area contributed by atoms with Gasteiger partial charge in [-0.2, -0.15) is 0 Å². The van der Waals surface area contributed by atoms with E-state index < -0.39 is 12.0 Å². The highest BCUT2D eigenvalue weighted by atomic mass is 16.4. The van der Waals surface area contributed by atoms with Crippen molar-refractivity contribution >= 4 is 11.9 Å². The summed E-state index contributed by atoms with van der Waals surface area (Å²) in [6.45, 7) is 2.73. The number of carboxylic acid groups (broad SMARTS) is 1. The molecular weight excluding hydrogens is 232 g/mol. The molecule has 1 amide bonds. The maximum Gasteiger partial charge on any atom is 0.303 e. The second-order valence-electron chi connectivity index (χ2n) is 5.01. The molecule has 5 nitrogen and oxygen atoms in total. The highest BCUT2D eigenvalue weighted by Gasteiger charge is 2.29. The van der Waals surface area contributed by atoms with Gasteiger partial charge in [-0.3, -0.25) is 9.59 Å². The van der Waals surface area contributed by atoms with Crippen LogP contribution >= 0.6 is 0 Å². The first kappa shape index (κ1) is 15.0. The lowest BCUT2D eigenvalue weighted by molar-refractivity contribution is -0.140. The molecule has 1 fully saturated rings. The first-order valence-corrected chi connectivity index (χ1v) is 6.84. The summed E-state index contributed by atoms with van der Waals surface area (Å²) in [7, 11) is 0. The molecule has 0 radical (unpaired) electrons. The molecule has 5 heteroatoms. The number of nitrogens with zero attached hydrogens (tertiary/aromatic N) is 1. The van der Waals surface area contributed by atoms with E-state index in [2.05, 4.69) is 0 Å². The number of nitrogens with two attached hydrogens (primary N) is 1. The molecule has 104 valence electrons. The minimum Gasteiger partial charge on any atom is -0.481 e. The van der Waals surface area contributed by atoms with Crippen molar-refractivity contribution in [1.82, 2.24) is 4.90 Å². The Labute approximate surface area is 108 Å². The molecule has 0 aliphatic carbocycles. The van der Waals surface area contributed by atoms with Gasteiger partial charge in [-0.1, -0.05) is 13.3 Å². The van der Waals surface area contributed by atoms with Crippen LogP contribution in [0.2, 0.25) is 0 Å². The largest absolute Gasteiger partial charge is 0.481 e. The van der Waals surface area contributed by atoms with Gasteiger partial charge in [-0.05, 0) is 32.1 Å². The van der Waals surface area contributed by atoms with Gasteiger partial charge in [-0.25, -0.2) is 0 Å². The first-order chi connectivity index (χ1) is 8.56. The van der Waals surface area contributed by atoms with Crippen LogP contribution in [0.1, 0.15) is 51.9 Å². The Morgan fingerprint density at radius 2 is 2.17 bits per heavy atom. The lowest BCUT2D eigenvalue weighted by Gasteiger charge is -2.37. The van der Waals surface area contributed by atoms with E-state index >= 15 is 0 Å². The summed E-state index contributed by atoms with van der Waals surface area (Å²) >= 11 is 0. The van der Waals surface area contributed by atoms with Gasteiger partial charge in [0.05, 0.1) is 6.04 Å².